The van der Waals surface area contributed by atoms with Gasteiger partial charge < -0.3 is 9.13 Å². The lowest BCUT2D eigenvalue weighted by Gasteiger charge is -2.21. The fourth-order valence-corrected chi connectivity index (χ4v) is 11.5. The average Bonchev–Trinajstić information content (AvgIpc) is 3.98. The molecule has 5 nitrogen and oxygen atoms in total. The molecule has 0 aliphatic heterocycles. The Hall–Kier alpha value is -9.97. The normalized spacial score (nSPS) is 11.8. The molecule has 0 aliphatic rings. The molecule has 3 aromatic heterocycles. The second kappa shape index (κ2) is 16.8. The van der Waals surface area contributed by atoms with E-state index in [0.29, 0.717) is 17.5 Å². The Morgan fingerprint density at radius 1 is 0.243 bits per heavy atom. The van der Waals surface area contributed by atoms with Crippen molar-refractivity contribution in [1.82, 2.24) is 24.1 Å². The molecule has 344 valence electrons. The number of benzene rings is 12. The zero-order valence-electron chi connectivity index (χ0n) is 40.1. The Bertz CT molecular complexity index is 4610. The lowest BCUT2D eigenvalue weighted by Crippen LogP contribution is -2.04. The predicted molar refractivity (Wildman–Crippen MR) is 308 cm³/mol. The predicted octanol–water partition coefficient (Wildman–Crippen LogP) is 17.9. The summed E-state index contributed by atoms with van der Waals surface area (Å²) in [6, 6.07) is 93.7. The third-order valence-corrected chi connectivity index (χ3v) is 14.9. The largest absolute Gasteiger partial charge is 0.309 e. The molecule has 0 amide bonds. The van der Waals surface area contributed by atoms with E-state index in [1.54, 1.807) is 0 Å². The molecule has 0 unspecified atom stereocenters. The van der Waals surface area contributed by atoms with Gasteiger partial charge in [-0.25, -0.2) is 15.0 Å². The minimum Gasteiger partial charge on any atom is -0.309 e. The van der Waals surface area contributed by atoms with E-state index >= 15 is 0 Å². The van der Waals surface area contributed by atoms with Crippen molar-refractivity contribution in [3.8, 4) is 67.8 Å². The van der Waals surface area contributed by atoms with Gasteiger partial charge in [-0.05, 0) is 104 Å². The number of hydrogen-bond acceptors (Lipinski definition) is 3. The molecule has 74 heavy (non-hydrogen) atoms. The van der Waals surface area contributed by atoms with Crippen LogP contribution in [0.1, 0.15) is 0 Å². The summed E-state index contributed by atoms with van der Waals surface area (Å²) in [4.78, 5) is 16.5. The topological polar surface area (TPSA) is 48.5 Å². The summed E-state index contributed by atoms with van der Waals surface area (Å²) in [5.41, 5.74) is 13.9. The zero-order chi connectivity index (χ0) is 48.7. The van der Waals surface area contributed by atoms with E-state index in [1.807, 2.05) is 18.2 Å². The van der Waals surface area contributed by atoms with Crippen molar-refractivity contribution in [2.75, 3.05) is 0 Å². The number of aromatic nitrogens is 5. The second-order valence-corrected chi connectivity index (χ2v) is 19.1. The van der Waals surface area contributed by atoms with Crippen LogP contribution >= 0.6 is 0 Å². The van der Waals surface area contributed by atoms with Crippen molar-refractivity contribution in [2.24, 2.45) is 0 Å². The zero-order valence-corrected chi connectivity index (χ0v) is 40.1. The van der Waals surface area contributed by atoms with E-state index in [9.17, 15) is 0 Å². The lowest BCUT2D eigenvalue weighted by molar-refractivity contribution is 1.08. The first-order valence-electron chi connectivity index (χ1n) is 25.2. The lowest BCUT2D eigenvalue weighted by atomic mass is 9.91. The highest BCUT2D eigenvalue weighted by Crippen LogP contribution is 2.46. The van der Waals surface area contributed by atoms with Gasteiger partial charge in [-0.2, -0.15) is 0 Å². The molecule has 0 atom stereocenters. The van der Waals surface area contributed by atoms with Crippen molar-refractivity contribution >= 4 is 75.9 Å². The summed E-state index contributed by atoms with van der Waals surface area (Å²) in [5, 5.41) is 11.6. The standard InChI is InChI=1S/C69H43N5/c1-4-20-44(21-5-1)46-28-18-29-51(38-46)57-43-60(53-32-14-15-33-54(53)66(57)74-63-41-49-26-12-10-24-47(49)39-58(63)59-40-48-25-11-13-27-50(48)42-64(59)74)69-71-67(45-22-6-2-7-23-45)70-68(72-69)56-35-19-37-62-65(56)55-34-16-17-36-61(55)73(62)52-30-8-3-9-31-52/h1-43H. The van der Waals surface area contributed by atoms with Crippen LogP contribution in [0, 0.1) is 0 Å². The molecule has 0 aliphatic carbocycles. The molecule has 0 saturated heterocycles. The Morgan fingerprint density at radius 2 is 0.730 bits per heavy atom. The van der Waals surface area contributed by atoms with Gasteiger partial charge in [0.1, 0.15) is 0 Å². The van der Waals surface area contributed by atoms with Gasteiger partial charge >= 0.3 is 0 Å². The molecule has 0 spiro atoms. The first-order chi connectivity index (χ1) is 36.7. The van der Waals surface area contributed by atoms with Crippen LogP contribution in [0.15, 0.2) is 261 Å². The highest BCUT2D eigenvalue weighted by molar-refractivity contribution is 6.19. The number of hydrogen-bond donors (Lipinski definition) is 0. The molecular weight excluding hydrogens is 899 g/mol. The smallest absolute Gasteiger partial charge is 0.164 e. The molecule has 5 heteroatoms. The van der Waals surface area contributed by atoms with Gasteiger partial charge in [0, 0.05) is 54.9 Å². The van der Waals surface area contributed by atoms with Crippen molar-refractivity contribution in [3.63, 3.8) is 0 Å². The highest BCUT2D eigenvalue weighted by Gasteiger charge is 2.25. The SMILES string of the molecule is c1ccc(-c2cccc(-c3cc(-c4nc(-c5ccccc5)nc(-c5cccc6c5c5ccccc5n6-c5ccccc5)n4)c4ccccc4c3-n3c4cc5ccccc5cc4c4cc5ccccc5cc43)c2)cc1. The van der Waals surface area contributed by atoms with E-state index in [-0.39, 0.29) is 0 Å². The number of para-hydroxylation sites is 2. The number of fused-ring (bicyclic) bond motifs is 9. The monoisotopic (exact) mass is 941 g/mol. The highest BCUT2D eigenvalue weighted by atomic mass is 15.0. The second-order valence-electron chi connectivity index (χ2n) is 19.1. The average molecular weight is 942 g/mol. The summed E-state index contributed by atoms with van der Waals surface area (Å²) in [6.07, 6.45) is 0. The molecule has 0 saturated carbocycles. The Balaban J connectivity index is 1.06. The van der Waals surface area contributed by atoms with Crippen LogP contribution < -0.4 is 0 Å². The third kappa shape index (κ3) is 6.68. The van der Waals surface area contributed by atoms with Crippen molar-refractivity contribution < 1.29 is 0 Å². The fraction of sp³-hybridized carbons (Fsp3) is 0. The Kier molecular flexibility index (Phi) is 9.50. The van der Waals surface area contributed by atoms with E-state index in [2.05, 4.69) is 252 Å². The quantitative estimate of drug-likeness (QED) is 0.160. The van der Waals surface area contributed by atoms with Gasteiger partial charge in [-0.3, -0.25) is 0 Å². The van der Waals surface area contributed by atoms with Gasteiger partial charge in [-0.15, -0.1) is 0 Å². The van der Waals surface area contributed by atoms with Crippen LogP contribution in [-0.2, 0) is 0 Å². The van der Waals surface area contributed by atoms with Gasteiger partial charge in [0.2, 0.25) is 0 Å². The van der Waals surface area contributed by atoms with Crippen molar-refractivity contribution in [2.45, 2.75) is 0 Å². The number of nitrogens with zero attached hydrogens (tertiary/aromatic N) is 5. The van der Waals surface area contributed by atoms with Gasteiger partial charge in [0.15, 0.2) is 17.5 Å². The third-order valence-electron chi connectivity index (χ3n) is 14.9. The van der Waals surface area contributed by atoms with Crippen LogP contribution in [0.2, 0.25) is 0 Å². The van der Waals surface area contributed by atoms with Crippen molar-refractivity contribution in [3.05, 3.63) is 261 Å². The molecule has 0 radical (unpaired) electrons. The molecule has 0 N–H and O–H groups in total. The Morgan fingerprint density at radius 3 is 1.41 bits per heavy atom. The molecule has 12 aromatic carbocycles. The molecular formula is C69H43N5. The van der Waals surface area contributed by atoms with Crippen LogP contribution in [-0.4, -0.2) is 24.1 Å². The van der Waals surface area contributed by atoms with Crippen LogP contribution in [0.4, 0.5) is 0 Å². The van der Waals surface area contributed by atoms with Crippen LogP contribution in [0.5, 0.6) is 0 Å². The molecule has 15 rings (SSSR count). The van der Waals surface area contributed by atoms with E-state index in [1.165, 1.54) is 32.3 Å². The summed E-state index contributed by atoms with van der Waals surface area (Å²) in [5.74, 6) is 1.81. The Labute approximate surface area is 426 Å². The van der Waals surface area contributed by atoms with E-state index in [4.69, 9.17) is 15.0 Å². The first kappa shape index (κ1) is 41.8. The van der Waals surface area contributed by atoms with Gasteiger partial charge in [-0.1, -0.05) is 200 Å². The molecule has 15 aromatic rings. The molecule has 0 bridgehead atoms. The maximum Gasteiger partial charge on any atom is 0.164 e. The van der Waals surface area contributed by atoms with Crippen molar-refractivity contribution in [1.29, 1.82) is 0 Å². The maximum atomic E-state index is 5.61. The number of rotatable bonds is 7. The maximum absolute atomic E-state index is 5.61. The van der Waals surface area contributed by atoms with Gasteiger partial charge in [0.25, 0.3) is 0 Å². The van der Waals surface area contributed by atoms with Crippen LogP contribution in [0.25, 0.3) is 144 Å². The summed E-state index contributed by atoms with van der Waals surface area (Å²) in [7, 11) is 0. The summed E-state index contributed by atoms with van der Waals surface area (Å²) >= 11 is 0. The van der Waals surface area contributed by atoms with Gasteiger partial charge in [0.05, 0.1) is 27.8 Å². The summed E-state index contributed by atoms with van der Waals surface area (Å²) < 4.78 is 4.87. The van der Waals surface area contributed by atoms with E-state index < -0.39 is 0 Å². The molecule has 0 fully saturated rings. The first-order valence-corrected chi connectivity index (χ1v) is 25.2. The minimum absolute atomic E-state index is 0.597. The van der Waals surface area contributed by atoms with E-state index in [0.717, 1.165) is 93.9 Å². The fourth-order valence-electron chi connectivity index (χ4n) is 11.5. The van der Waals surface area contributed by atoms with Crippen LogP contribution in [0.3, 0.4) is 0 Å². The molecule has 3 heterocycles. The summed E-state index contributed by atoms with van der Waals surface area (Å²) in [6.45, 7) is 0. The minimum atomic E-state index is 0.597.